The highest BCUT2D eigenvalue weighted by Crippen LogP contribution is 2.43. The van der Waals surface area contributed by atoms with Crippen molar-refractivity contribution in [1.82, 2.24) is 0 Å². The molecule has 5 rings (SSSR count). The van der Waals surface area contributed by atoms with Crippen LogP contribution < -0.4 is 14.5 Å². The number of amides is 1. The summed E-state index contributed by atoms with van der Waals surface area (Å²) < 4.78 is 5.69. The highest BCUT2D eigenvalue weighted by atomic mass is 16.5. The van der Waals surface area contributed by atoms with Crippen molar-refractivity contribution >= 4 is 28.8 Å². The highest BCUT2D eigenvalue weighted by molar-refractivity contribution is 6.51. The Balaban J connectivity index is 1.60. The zero-order chi connectivity index (χ0) is 25.9. The summed E-state index contributed by atoms with van der Waals surface area (Å²) in [6, 6.07) is 19.9. The van der Waals surface area contributed by atoms with Gasteiger partial charge in [-0.2, -0.15) is 0 Å². The minimum absolute atomic E-state index is 0.00225. The largest absolute Gasteiger partial charge is 0.508 e. The number of hydrogen-bond acceptors (Lipinski definition) is 6. The number of benzene rings is 3. The van der Waals surface area contributed by atoms with Crippen molar-refractivity contribution in [3.8, 4) is 11.5 Å². The molecule has 1 amide bonds. The van der Waals surface area contributed by atoms with Gasteiger partial charge in [0.1, 0.15) is 17.3 Å². The zero-order valence-electron chi connectivity index (χ0n) is 20.8. The molecule has 0 bridgehead atoms. The number of aliphatic hydroxyl groups is 1. The van der Waals surface area contributed by atoms with Gasteiger partial charge in [-0.25, -0.2) is 0 Å². The van der Waals surface area contributed by atoms with Crippen molar-refractivity contribution < 1.29 is 24.5 Å². The van der Waals surface area contributed by atoms with Gasteiger partial charge in [0, 0.05) is 30.0 Å². The van der Waals surface area contributed by atoms with Crippen molar-refractivity contribution in [2.45, 2.75) is 32.2 Å². The number of carbonyl (C=O) groups is 2. The number of ether oxygens (including phenoxy) is 1. The predicted molar refractivity (Wildman–Crippen MR) is 143 cm³/mol. The monoisotopic (exact) mass is 498 g/mol. The fourth-order valence-electron chi connectivity index (χ4n) is 5.02. The maximum absolute atomic E-state index is 13.4. The van der Waals surface area contributed by atoms with Crippen LogP contribution in [0, 0.1) is 0 Å². The number of nitrogens with zero attached hydrogens (tertiary/aromatic N) is 2. The SMILES string of the molecule is CCCOc1cccc(/C(O)=C2\C(=O)C(=O)N(c3ccc(N4CCCC4)cc3)C2c2cccc(O)c2)c1. The second-order valence-electron chi connectivity index (χ2n) is 9.35. The second kappa shape index (κ2) is 10.4. The summed E-state index contributed by atoms with van der Waals surface area (Å²) in [6.45, 7) is 4.51. The summed E-state index contributed by atoms with van der Waals surface area (Å²) in [4.78, 5) is 30.5. The number of Topliss-reactive ketones (excluding diaryl/α,β-unsaturated/α-hetero) is 1. The van der Waals surface area contributed by atoms with E-state index in [2.05, 4.69) is 4.90 Å². The Kier molecular flexibility index (Phi) is 6.86. The summed E-state index contributed by atoms with van der Waals surface area (Å²) in [5.74, 6) is -1.24. The van der Waals surface area contributed by atoms with Gasteiger partial charge in [0.15, 0.2) is 0 Å². The van der Waals surface area contributed by atoms with E-state index in [1.807, 2.05) is 31.2 Å². The van der Waals surface area contributed by atoms with Crippen LogP contribution in [0.5, 0.6) is 11.5 Å². The topological polar surface area (TPSA) is 90.3 Å². The van der Waals surface area contributed by atoms with Crippen molar-refractivity contribution in [3.05, 3.63) is 89.5 Å². The molecule has 7 heteroatoms. The molecule has 7 nitrogen and oxygen atoms in total. The minimum Gasteiger partial charge on any atom is -0.508 e. The van der Waals surface area contributed by atoms with Crippen molar-refractivity contribution in [1.29, 1.82) is 0 Å². The Morgan fingerprint density at radius 2 is 1.65 bits per heavy atom. The van der Waals surface area contributed by atoms with Gasteiger partial charge in [0.25, 0.3) is 11.7 Å². The first-order valence-corrected chi connectivity index (χ1v) is 12.7. The molecule has 2 saturated heterocycles. The molecular formula is C30H30N2O5. The van der Waals surface area contributed by atoms with Crippen LogP contribution in [0.25, 0.3) is 5.76 Å². The number of phenolic OH excluding ortho intramolecular Hbond substituents is 1. The van der Waals surface area contributed by atoms with E-state index in [-0.39, 0.29) is 17.1 Å². The Morgan fingerprint density at radius 3 is 2.35 bits per heavy atom. The summed E-state index contributed by atoms with van der Waals surface area (Å²) in [5.41, 5.74) is 2.46. The van der Waals surface area contributed by atoms with Crippen LogP contribution in [0.15, 0.2) is 78.4 Å². The normalized spacial score (nSPS) is 19.0. The molecule has 2 N–H and O–H groups in total. The van der Waals surface area contributed by atoms with Gasteiger partial charge in [0.2, 0.25) is 0 Å². The number of anilines is 2. The van der Waals surface area contributed by atoms with E-state index >= 15 is 0 Å². The van der Waals surface area contributed by atoms with E-state index in [1.54, 1.807) is 36.4 Å². The summed E-state index contributed by atoms with van der Waals surface area (Å²) >= 11 is 0. The first-order valence-electron chi connectivity index (χ1n) is 12.7. The van der Waals surface area contributed by atoms with Gasteiger partial charge in [-0.05, 0) is 73.4 Å². The fraction of sp³-hybridized carbons (Fsp3) is 0.267. The fourth-order valence-corrected chi connectivity index (χ4v) is 5.02. The predicted octanol–water partition coefficient (Wildman–Crippen LogP) is 5.41. The third-order valence-corrected chi connectivity index (χ3v) is 6.81. The van der Waals surface area contributed by atoms with Gasteiger partial charge in [-0.15, -0.1) is 0 Å². The van der Waals surface area contributed by atoms with Crippen LogP contribution in [0.1, 0.15) is 43.4 Å². The third kappa shape index (κ3) is 4.77. The van der Waals surface area contributed by atoms with Crippen LogP contribution in [0.2, 0.25) is 0 Å². The lowest BCUT2D eigenvalue weighted by Gasteiger charge is -2.26. The summed E-state index contributed by atoms with van der Waals surface area (Å²) in [6.07, 6.45) is 3.13. The molecule has 2 aliphatic rings. The molecular weight excluding hydrogens is 468 g/mol. The highest BCUT2D eigenvalue weighted by Gasteiger charge is 2.47. The average Bonchev–Trinajstić information content (AvgIpc) is 3.55. The Morgan fingerprint density at radius 1 is 0.946 bits per heavy atom. The molecule has 0 radical (unpaired) electrons. The van der Waals surface area contributed by atoms with Crippen LogP contribution in [0.3, 0.4) is 0 Å². The minimum atomic E-state index is -0.912. The van der Waals surface area contributed by atoms with E-state index in [4.69, 9.17) is 4.74 Å². The lowest BCUT2D eigenvalue weighted by molar-refractivity contribution is -0.132. The summed E-state index contributed by atoms with van der Waals surface area (Å²) in [7, 11) is 0. The van der Waals surface area contributed by atoms with E-state index in [9.17, 15) is 19.8 Å². The van der Waals surface area contributed by atoms with E-state index in [0.717, 1.165) is 38.0 Å². The van der Waals surface area contributed by atoms with Crippen molar-refractivity contribution in [2.75, 3.05) is 29.5 Å². The molecule has 2 aliphatic heterocycles. The smallest absolute Gasteiger partial charge is 0.300 e. The summed E-state index contributed by atoms with van der Waals surface area (Å²) in [5, 5.41) is 21.6. The molecule has 1 unspecified atom stereocenters. The number of hydrogen-bond donors (Lipinski definition) is 2. The molecule has 0 aromatic heterocycles. The molecule has 0 saturated carbocycles. The van der Waals surface area contributed by atoms with Crippen LogP contribution in [0.4, 0.5) is 11.4 Å². The maximum atomic E-state index is 13.4. The van der Waals surface area contributed by atoms with E-state index < -0.39 is 17.7 Å². The number of ketones is 1. The van der Waals surface area contributed by atoms with Crippen LogP contribution in [-0.2, 0) is 9.59 Å². The number of carbonyl (C=O) groups excluding carboxylic acids is 2. The second-order valence-corrected chi connectivity index (χ2v) is 9.35. The Bertz CT molecular complexity index is 1340. The number of aromatic hydroxyl groups is 1. The first kappa shape index (κ1) is 24.4. The van der Waals surface area contributed by atoms with Crippen LogP contribution >= 0.6 is 0 Å². The molecule has 2 heterocycles. The van der Waals surface area contributed by atoms with Crippen molar-refractivity contribution in [3.63, 3.8) is 0 Å². The standard InChI is InChI=1S/C30H30N2O5/c1-2-17-37-25-10-6-8-21(19-25)28(34)26-27(20-7-5-9-24(33)18-20)32(30(36)29(26)35)23-13-11-22(12-14-23)31-15-3-4-16-31/h5-14,18-19,27,33-34H,2-4,15-17H2,1H3/b28-26+. The Labute approximate surface area is 216 Å². The lowest BCUT2D eigenvalue weighted by atomic mass is 9.95. The van der Waals surface area contributed by atoms with Gasteiger partial charge in [-0.3, -0.25) is 14.5 Å². The molecule has 0 aliphatic carbocycles. The molecule has 3 aromatic carbocycles. The Hall–Kier alpha value is -4.26. The van der Waals surface area contributed by atoms with Gasteiger partial charge >= 0.3 is 0 Å². The molecule has 37 heavy (non-hydrogen) atoms. The first-order chi connectivity index (χ1) is 18.0. The third-order valence-electron chi connectivity index (χ3n) is 6.81. The van der Waals surface area contributed by atoms with Gasteiger partial charge < -0.3 is 19.8 Å². The van der Waals surface area contributed by atoms with Crippen LogP contribution in [-0.4, -0.2) is 41.6 Å². The van der Waals surface area contributed by atoms with Gasteiger partial charge in [0.05, 0.1) is 18.2 Å². The number of aliphatic hydroxyl groups excluding tert-OH is 1. The average molecular weight is 499 g/mol. The quantitative estimate of drug-likeness (QED) is 0.257. The van der Waals surface area contributed by atoms with E-state index in [0.29, 0.717) is 29.2 Å². The number of rotatable bonds is 7. The molecule has 2 fully saturated rings. The van der Waals surface area contributed by atoms with Gasteiger partial charge in [-0.1, -0.05) is 31.2 Å². The van der Waals surface area contributed by atoms with Crippen molar-refractivity contribution in [2.24, 2.45) is 0 Å². The number of phenols is 1. The lowest BCUT2D eigenvalue weighted by Crippen LogP contribution is -2.29. The molecule has 190 valence electrons. The van der Waals surface area contributed by atoms with E-state index in [1.165, 1.54) is 17.0 Å². The molecule has 0 spiro atoms. The zero-order valence-corrected chi connectivity index (χ0v) is 20.8. The maximum Gasteiger partial charge on any atom is 0.300 e. The molecule has 1 atom stereocenters. The molecule has 3 aromatic rings.